The van der Waals surface area contributed by atoms with Crippen molar-refractivity contribution >= 4 is 5.69 Å². The number of halogens is 1. The lowest BCUT2D eigenvalue weighted by Crippen LogP contribution is -2.55. The minimum atomic E-state index is -0.114. The fourth-order valence-electron chi connectivity index (χ4n) is 2.72. The van der Waals surface area contributed by atoms with Gasteiger partial charge in [0, 0.05) is 31.7 Å². The van der Waals surface area contributed by atoms with Crippen LogP contribution in [-0.4, -0.2) is 44.2 Å². The van der Waals surface area contributed by atoms with Crippen LogP contribution in [0.2, 0.25) is 0 Å². The van der Waals surface area contributed by atoms with Gasteiger partial charge in [-0.1, -0.05) is 6.07 Å². The lowest BCUT2D eigenvalue weighted by molar-refractivity contribution is 0.169. The minimum absolute atomic E-state index is 0.114. The van der Waals surface area contributed by atoms with Gasteiger partial charge >= 0.3 is 0 Å². The summed E-state index contributed by atoms with van der Waals surface area (Å²) in [6, 6.07) is 6.44. The number of benzene rings is 1. The van der Waals surface area contributed by atoms with Crippen molar-refractivity contribution in [3.63, 3.8) is 0 Å². The van der Waals surface area contributed by atoms with Crippen molar-refractivity contribution in [3.8, 4) is 0 Å². The molecule has 3 nitrogen and oxygen atoms in total. The first-order valence-corrected chi connectivity index (χ1v) is 6.92. The summed E-state index contributed by atoms with van der Waals surface area (Å²) in [5.74, 6) is -0.114. The largest absolute Gasteiger partial charge is 0.366 e. The Kier molecular flexibility index (Phi) is 4.42. The Morgan fingerprint density at radius 1 is 1.26 bits per heavy atom. The second-order valence-electron chi connectivity index (χ2n) is 5.58. The van der Waals surface area contributed by atoms with Gasteiger partial charge in [-0.2, -0.15) is 0 Å². The maximum Gasteiger partial charge on any atom is 0.146 e. The van der Waals surface area contributed by atoms with Gasteiger partial charge in [0.05, 0.1) is 5.69 Å². The molecule has 0 amide bonds. The van der Waals surface area contributed by atoms with Crippen LogP contribution in [0, 0.1) is 5.82 Å². The molecule has 0 spiro atoms. The molecular formula is C15H24FN3. The van der Waals surface area contributed by atoms with Gasteiger partial charge in [0.15, 0.2) is 0 Å². The van der Waals surface area contributed by atoms with E-state index in [0.29, 0.717) is 18.6 Å². The van der Waals surface area contributed by atoms with Gasteiger partial charge in [-0.05, 0) is 45.6 Å². The Hall–Kier alpha value is -1.13. The average Bonchev–Trinajstić information content (AvgIpc) is 2.36. The number of rotatable bonds is 3. The molecule has 0 bridgehead atoms. The van der Waals surface area contributed by atoms with Crippen molar-refractivity contribution in [2.24, 2.45) is 0 Å². The number of hydrogen-bond donors (Lipinski definition) is 1. The van der Waals surface area contributed by atoms with E-state index in [0.717, 1.165) is 24.3 Å². The summed E-state index contributed by atoms with van der Waals surface area (Å²) in [5, 5.41) is 3.04. The summed E-state index contributed by atoms with van der Waals surface area (Å²) in [5.41, 5.74) is 1.71. The standard InChI is InChI=1S/C15H24FN3/c1-11-9-19(10-12(2)18(11)4)15-6-5-13(8-17-3)7-14(15)16/h5-7,11-12,17H,8-10H2,1-4H3. The van der Waals surface area contributed by atoms with Gasteiger partial charge in [0.2, 0.25) is 0 Å². The van der Waals surface area contributed by atoms with E-state index in [9.17, 15) is 4.39 Å². The fraction of sp³-hybridized carbons (Fsp3) is 0.600. The molecule has 0 aliphatic carbocycles. The lowest BCUT2D eigenvalue weighted by Gasteiger charge is -2.43. The summed E-state index contributed by atoms with van der Waals surface area (Å²) in [4.78, 5) is 4.51. The Morgan fingerprint density at radius 2 is 1.89 bits per heavy atom. The highest BCUT2D eigenvalue weighted by atomic mass is 19.1. The molecule has 0 aromatic heterocycles. The lowest BCUT2D eigenvalue weighted by atomic mass is 10.1. The molecule has 1 aliphatic rings. The highest BCUT2D eigenvalue weighted by Gasteiger charge is 2.27. The van der Waals surface area contributed by atoms with Crippen molar-refractivity contribution in [1.29, 1.82) is 0 Å². The first-order chi connectivity index (χ1) is 9.02. The van der Waals surface area contributed by atoms with Crippen molar-refractivity contribution in [3.05, 3.63) is 29.6 Å². The Labute approximate surface area is 115 Å². The van der Waals surface area contributed by atoms with E-state index in [-0.39, 0.29) is 5.82 Å². The maximum atomic E-state index is 14.2. The van der Waals surface area contributed by atoms with Crippen LogP contribution in [0.4, 0.5) is 10.1 Å². The number of hydrogen-bond acceptors (Lipinski definition) is 3. The third-order valence-electron chi connectivity index (χ3n) is 4.09. The number of nitrogens with one attached hydrogen (secondary N) is 1. The smallest absolute Gasteiger partial charge is 0.146 e. The molecule has 2 rings (SSSR count). The molecule has 1 heterocycles. The molecule has 19 heavy (non-hydrogen) atoms. The van der Waals surface area contributed by atoms with Crippen molar-refractivity contribution in [1.82, 2.24) is 10.2 Å². The number of nitrogens with zero attached hydrogens (tertiary/aromatic N) is 2. The molecule has 1 aromatic rings. The number of piperazine rings is 1. The van der Waals surface area contributed by atoms with Gasteiger partial charge < -0.3 is 10.2 Å². The predicted octanol–water partition coefficient (Wildman–Crippen LogP) is 2.07. The van der Waals surface area contributed by atoms with Gasteiger partial charge in [-0.3, -0.25) is 4.90 Å². The molecule has 106 valence electrons. The van der Waals surface area contributed by atoms with E-state index < -0.39 is 0 Å². The monoisotopic (exact) mass is 265 g/mol. The molecular weight excluding hydrogens is 241 g/mol. The van der Waals surface area contributed by atoms with E-state index in [2.05, 4.69) is 36.0 Å². The second kappa shape index (κ2) is 5.88. The van der Waals surface area contributed by atoms with Gasteiger partial charge in [-0.15, -0.1) is 0 Å². The van der Waals surface area contributed by atoms with Crippen LogP contribution in [0.5, 0.6) is 0 Å². The minimum Gasteiger partial charge on any atom is -0.366 e. The van der Waals surface area contributed by atoms with Crippen molar-refractivity contribution in [2.45, 2.75) is 32.5 Å². The Bertz CT molecular complexity index is 423. The zero-order chi connectivity index (χ0) is 14.0. The summed E-state index contributed by atoms with van der Waals surface area (Å²) in [6.07, 6.45) is 0. The third kappa shape index (κ3) is 3.07. The van der Waals surface area contributed by atoms with Crippen LogP contribution >= 0.6 is 0 Å². The first kappa shape index (κ1) is 14.3. The van der Waals surface area contributed by atoms with E-state index >= 15 is 0 Å². The quantitative estimate of drug-likeness (QED) is 0.902. The molecule has 2 atom stereocenters. The maximum absolute atomic E-state index is 14.2. The van der Waals surface area contributed by atoms with E-state index in [1.807, 2.05) is 19.2 Å². The van der Waals surface area contributed by atoms with Gasteiger partial charge in [0.1, 0.15) is 5.82 Å². The predicted molar refractivity (Wildman–Crippen MR) is 78.1 cm³/mol. The molecule has 2 unspecified atom stereocenters. The Balaban J connectivity index is 2.18. The van der Waals surface area contributed by atoms with Gasteiger partial charge in [0.25, 0.3) is 0 Å². The fourth-order valence-corrected chi connectivity index (χ4v) is 2.72. The molecule has 1 aromatic carbocycles. The van der Waals surface area contributed by atoms with Crippen LogP contribution < -0.4 is 10.2 Å². The molecule has 1 N–H and O–H groups in total. The van der Waals surface area contributed by atoms with Crippen LogP contribution in [0.25, 0.3) is 0 Å². The molecule has 1 saturated heterocycles. The van der Waals surface area contributed by atoms with E-state index in [1.54, 1.807) is 6.07 Å². The normalized spacial score (nSPS) is 24.8. The SMILES string of the molecule is CNCc1ccc(N2CC(C)N(C)C(C)C2)c(F)c1. The molecule has 0 radical (unpaired) electrons. The highest BCUT2D eigenvalue weighted by Crippen LogP contribution is 2.25. The summed E-state index contributed by atoms with van der Waals surface area (Å²) in [7, 11) is 4.01. The second-order valence-corrected chi connectivity index (χ2v) is 5.58. The number of likely N-dealkylation sites (N-methyl/N-ethyl adjacent to an activating group) is 1. The summed E-state index contributed by atoms with van der Waals surface area (Å²) >= 11 is 0. The van der Waals surface area contributed by atoms with Crippen molar-refractivity contribution in [2.75, 3.05) is 32.1 Å². The molecule has 4 heteroatoms. The molecule has 1 fully saturated rings. The zero-order valence-corrected chi connectivity index (χ0v) is 12.3. The zero-order valence-electron chi connectivity index (χ0n) is 12.3. The average molecular weight is 265 g/mol. The van der Waals surface area contributed by atoms with E-state index in [1.165, 1.54) is 0 Å². The van der Waals surface area contributed by atoms with Crippen molar-refractivity contribution < 1.29 is 4.39 Å². The topological polar surface area (TPSA) is 18.5 Å². The number of anilines is 1. The molecule has 0 saturated carbocycles. The van der Waals surface area contributed by atoms with Crippen LogP contribution in [0.1, 0.15) is 19.4 Å². The van der Waals surface area contributed by atoms with Crippen LogP contribution in [0.3, 0.4) is 0 Å². The van der Waals surface area contributed by atoms with Crippen LogP contribution in [-0.2, 0) is 6.54 Å². The van der Waals surface area contributed by atoms with E-state index in [4.69, 9.17) is 0 Å². The van der Waals surface area contributed by atoms with Gasteiger partial charge in [-0.25, -0.2) is 4.39 Å². The third-order valence-corrected chi connectivity index (χ3v) is 4.09. The Morgan fingerprint density at radius 3 is 2.42 bits per heavy atom. The summed E-state index contributed by atoms with van der Waals surface area (Å²) < 4.78 is 14.2. The first-order valence-electron chi connectivity index (χ1n) is 6.92. The molecule has 1 aliphatic heterocycles. The van der Waals surface area contributed by atoms with Crippen LogP contribution in [0.15, 0.2) is 18.2 Å². The summed E-state index contributed by atoms with van der Waals surface area (Å²) in [6.45, 7) is 6.84. The highest BCUT2D eigenvalue weighted by molar-refractivity contribution is 5.50.